The molecule has 0 bridgehead atoms. The average Bonchev–Trinajstić information content (AvgIpc) is 0. The van der Waals surface area contributed by atoms with Crippen molar-refractivity contribution < 1.29 is 5.48 Å². The van der Waals surface area contributed by atoms with Crippen LogP contribution in [0.2, 0.25) is 0 Å². The minimum absolute atomic E-state index is 0. The van der Waals surface area contributed by atoms with E-state index in [9.17, 15) is 0 Å². The van der Waals surface area contributed by atoms with E-state index in [-0.39, 0.29) is 96.2 Å². The Morgan fingerprint density at radius 3 is 1.00 bits per heavy atom. The third-order valence-electron chi connectivity index (χ3n) is 0. The number of hydrogen-bond donors (Lipinski definition) is 1. The van der Waals surface area contributed by atoms with E-state index in [4.69, 9.17) is 0 Å². The molecule has 5 N–H and O–H groups in total. The first-order chi connectivity index (χ1) is 0. The van der Waals surface area contributed by atoms with Gasteiger partial charge in [0, 0.05) is 84.6 Å². The van der Waals surface area contributed by atoms with Gasteiger partial charge in [-0.2, -0.15) is 0 Å². The van der Waals surface area contributed by atoms with E-state index >= 15 is 0 Å². The van der Waals surface area contributed by atoms with Crippen LogP contribution < -0.4 is 6.15 Å². The molecule has 0 aliphatic heterocycles. The predicted molar refractivity (Wildman–Crippen MR) is 25.9 cm³/mol. The molecule has 0 atom stereocenters. The van der Waals surface area contributed by atoms with Crippen LogP contribution >= 0.6 is 0 Å². The van der Waals surface area contributed by atoms with Gasteiger partial charge in [0.15, 0.2) is 0 Å². The van der Waals surface area contributed by atoms with Crippen molar-refractivity contribution in [2.75, 3.05) is 0 Å². The molecule has 0 aromatic carbocycles. The molecule has 0 unspecified atom stereocenters. The second-order valence-corrected chi connectivity index (χ2v) is 0. The van der Waals surface area contributed by atoms with Crippen LogP contribution in [0, 0.1) is 0 Å². The van der Waals surface area contributed by atoms with Crippen molar-refractivity contribution in [1.29, 1.82) is 0 Å². The van der Waals surface area contributed by atoms with Gasteiger partial charge in [-0.05, 0) is 0 Å². The van der Waals surface area contributed by atoms with E-state index in [1.54, 1.807) is 0 Å². The van der Waals surface area contributed by atoms with Gasteiger partial charge >= 0.3 is 0 Å². The summed E-state index contributed by atoms with van der Waals surface area (Å²) in [4.78, 5) is 0. The van der Waals surface area contributed by atoms with Gasteiger partial charge in [0.1, 0.15) is 0 Å². The summed E-state index contributed by atoms with van der Waals surface area (Å²) in [5.74, 6) is 0. The van der Waals surface area contributed by atoms with Crippen molar-refractivity contribution >= 4 is 84.6 Å². The summed E-state index contributed by atoms with van der Waals surface area (Å²) >= 11 is 0. The molecule has 9 radical (unpaired) electrons. The molecule has 0 rings (SSSR count). The second kappa shape index (κ2) is 31.7. The molecule has 0 heterocycles. The van der Waals surface area contributed by atoms with Crippen LogP contribution in [0.3, 0.4) is 0 Å². The molecule has 0 aromatic heterocycles. The van der Waals surface area contributed by atoms with Crippen molar-refractivity contribution in [3.63, 3.8) is 0 Å². The van der Waals surface area contributed by atoms with E-state index < -0.39 is 0 Å². The Balaban J connectivity index is 0. The Morgan fingerprint density at radius 1 is 1.00 bits per heavy atom. The van der Waals surface area contributed by atoms with Crippen LogP contribution in [0.15, 0.2) is 0 Å². The quantitative estimate of drug-likeness (QED) is 0.487. The zero-order valence-corrected chi connectivity index (χ0v) is 11.3. The van der Waals surface area contributed by atoms with Crippen LogP contribution in [0.1, 0.15) is 0 Å². The van der Waals surface area contributed by atoms with E-state index in [0.717, 1.165) is 0 Å². The standard InChI is InChI=1S/B.Ba.H3N.H2O.Pb/h;;1H3;1H2;. The van der Waals surface area contributed by atoms with E-state index in [1.807, 2.05) is 0 Å². The topological polar surface area (TPSA) is 66.5 Å². The molecule has 0 amide bonds. The molecular weight excluding hydrogens is 385 g/mol. The first-order valence-corrected chi connectivity index (χ1v) is 0. The van der Waals surface area contributed by atoms with Gasteiger partial charge in [-0.15, -0.1) is 0 Å². The van der Waals surface area contributed by atoms with Crippen LogP contribution in [-0.4, -0.2) is 90.1 Å². The van der Waals surface area contributed by atoms with Gasteiger partial charge in [0.2, 0.25) is 0 Å². The van der Waals surface area contributed by atoms with Crippen molar-refractivity contribution in [2.45, 2.75) is 0 Å². The molecule has 0 aliphatic carbocycles. The summed E-state index contributed by atoms with van der Waals surface area (Å²) in [6.45, 7) is 0. The maximum Gasteiger partial charge on any atom is 0 e. The van der Waals surface area contributed by atoms with Gasteiger partial charge in [-0.25, -0.2) is 0 Å². The minimum Gasteiger partial charge on any atom is -0.412 e. The Kier molecular flexibility index (Phi) is 323. The summed E-state index contributed by atoms with van der Waals surface area (Å²) in [6, 6.07) is 0. The summed E-state index contributed by atoms with van der Waals surface area (Å²) < 4.78 is 0. The third kappa shape index (κ3) is 21.2. The van der Waals surface area contributed by atoms with Crippen LogP contribution in [0.25, 0.3) is 0 Å². The Hall–Kier alpha value is 2.48. The maximum absolute atomic E-state index is 0. The molecule has 0 saturated carbocycles. The molecule has 25 valence electrons. The van der Waals surface area contributed by atoms with Crippen LogP contribution in [0.4, 0.5) is 0 Å². The predicted octanol–water partition coefficient (Wildman–Crippen LogP) is -1.81. The van der Waals surface area contributed by atoms with Gasteiger partial charge in [0.05, 0.1) is 0 Å². The average molecular weight is 390 g/mol. The molecule has 5 heteroatoms. The first kappa shape index (κ1) is 51.1. The molecule has 5 heavy (non-hydrogen) atoms. The van der Waals surface area contributed by atoms with E-state index in [2.05, 4.69) is 0 Å². The largest absolute Gasteiger partial charge is 0.412 e. The Labute approximate surface area is 94.2 Å². The molecule has 0 aromatic rings. The maximum atomic E-state index is 0. The normalized spacial score (nSPS) is 0. The Morgan fingerprint density at radius 2 is 1.00 bits per heavy atom. The van der Waals surface area contributed by atoms with Gasteiger partial charge in [-0.1, -0.05) is 0 Å². The smallest absolute Gasteiger partial charge is 0 e. The fourth-order valence-electron chi connectivity index (χ4n) is 0. The van der Waals surface area contributed by atoms with Gasteiger partial charge in [-0.3, -0.25) is 0 Å². The van der Waals surface area contributed by atoms with Crippen molar-refractivity contribution in [3.05, 3.63) is 0 Å². The zero-order valence-electron chi connectivity index (χ0n) is 2.99. The molecule has 2 nitrogen and oxygen atoms in total. The first-order valence-electron chi connectivity index (χ1n) is 0. The monoisotopic (exact) mass is 392 g/mol. The van der Waals surface area contributed by atoms with Crippen LogP contribution in [0.5, 0.6) is 0 Å². The fourth-order valence-corrected chi connectivity index (χ4v) is 0. The summed E-state index contributed by atoms with van der Waals surface area (Å²) in [5.41, 5.74) is 0. The second-order valence-electron chi connectivity index (χ2n) is 0. The summed E-state index contributed by atoms with van der Waals surface area (Å²) in [5, 5.41) is 0. The summed E-state index contributed by atoms with van der Waals surface area (Å²) in [7, 11) is 0. The molecule has 0 spiro atoms. The SMILES string of the molecule is N.O.[B].[Ba].[Pb]. The van der Waals surface area contributed by atoms with Gasteiger partial charge in [0.25, 0.3) is 0 Å². The van der Waals surface area contributed by atoms with Crippen molar-refractivity contribution in [2.24, 2.45) is 0 Å². The molecule has 0 aliphatic rings. The Bertz CT molecular complexity index is 11.6. The zero-order chi connectivity index (χ0) is 0. The van der Waals surface area contributed by atoms with E-state index in [0.29, 0.717) is 0 Å². The third-order valence-corrected chi connectivity index (χ3v) is 0. The molecule has 0 saturated heterocycles. The number of rotatable bonds is 0. The molecular formula is H5BBaNOPb. The fraction of sp³-hybridized carbons (Fsp3) is 0. The minimum atomic E-state index is 0. The van der Waals surface area contributed by atoms with Gasteiger partial charge < -0.3 is 11.6 Å². The van der Waals surface area contributed by atoms with Crippen molar-refractivity contribution in [3.8, 4) is 0 Å². The number of hydrogen-bond acceptors (Lipinski definition) is 1. The van der Waals surface area contributed by atoms with Crippen LogP contribution in [-0.2, 0) is 0 Å². The summed E-state index contributed by atoms with van der Waals surface area (Å²) in [6.07, 6.45) is 0. The van der Waals surface area contributed by atoms with E-state index in [1.165, 1.54) is 0 Å². The van der Waals surface area contributed by atoms with Crippen molar-refractivity contribution in [1.82, 2.24) is 6.15 Å². The molecule has 0 fully saturated rings.